The second-order valence-corrected chi connectivity index (χ2v) is 3.99. The van der Waals surface area contributed by atoms with Gasteiger partial charge in [0.25, 0.3) is 0 Å². The van der Waals surface area contributed by atoms with E-state index in [2.05, 4.69) is 6.92 Å². The van der Waals surface area contributed by atoms with Gasteiger partial charge in [0.1, 0.15) is 5.75 Å². The Morgan fingerprint density at radius 2 is 1.88 bits per heavy atom. The highest BCUT2D eigenvalue weighted by Gasteiger charge is 2.02. The average Bonchev–Trinajstić information content (AvgIpc) is 2.32. The third-order valence-electron chi connectivity index (χ3n) is 2.36. The summed E-state index contributed by atoms with van der Waals surface area (Å²) in [7, 11) is 0. The van der Waals surface area contributed by atoms with Crippen LogP contribution in [0.2, 0.25) is 0 Å². The monoisotopic (exact) mass is 236 g/mol. The first-order chi connectivity index (χ1) is 8.22. The third kappa shape index (κ3) is 5.95. The second kappa shape index (κ2) is 7.71. The summed E-state index contributed by atoms with van der Waals surface area (Å²) in [6, 6.07) is 7.76. The topological polar surface area (TPSA) is 35.5 Å². The van der Waals surface area contributed by atoms with Crippen LogP contribution in [0.3, 0.4) is 0 Å². The SMILES string of the molecule is CCCCOC(=O)CCOc1ccc(C)cc1. The number of carbonyl (C=O) groups is 1. The van der Waals surface area contributed by atoms with E-state index in [4.69, 9.17) is 9.47 Å². The molecule has 0 amide bonds. The molecule has 0 aliphatic heterocycles. The van der Waals surface area contributed by atoms with Crippen LogP contribution in [-0.2, 0) is 9.53 Å². The van der Waals surface area contributed by atoms with Gasteiger partial charge in [-0.3, -0.25) is 4.79 Å². The number of hydrogen-bond acceptors (Lipinski definition) is 3. The van der Waals surface area contributed by atoms with Crippen LogP contribution in [0.25, 0.3) is 0 Å². The van der Waals surface area contributed by atoms with Crippen molar-refractivity contribution in [1.29, 1.82) is 0 Å². The molecule has 1 aromatic rings. The molecule has 0 unspecified atom stereocenters. The molecule has 94 valence electrons. The Labute approximate surface area is 103 Å². The lowest BCUT2D eigenvalue weighted by Gasteiger charge is -2.06. The molecule has 0 atom stereocenters. The molecular formula is C14H20O3. The third-order valence-corrected chi connectivity index (χ3v) is 2.36. The lowest BCUT2D eigenvalue weighted by molar-refractivity contribution is -0.144. The molecule has 0 aliphatic carbocycles. The number of esters is 1. The number of carbonyl (C=O) groups excluding carboxylic acids is 1. The summed E-state index contributed by atoms with van der Waals surface area (Å²) in [6.45, 7) is 4.97. The maximum atomic E-state index is 11.3. The Kier molecular flexibility index (Phi) is 6.15. The molecular weight excluding hydrogens is 216 g/mol. The van der Waals surface area contributed by atoms with Gasteiger partial charge in [-0.2, -0.15) is 0 Å². The summed E-state index contributed by atoms with van der Waals surface area (Å²) >= 11 is 0. The second-order valence-electron chi connectivity index (χ2n) is 3.99. The first-order valence-electron chi connectivity index (χ1n) is 6.07. The number of ether oxygens (including phenoxy) is 2. The van der Waals surface area contributed by atoms with E-state index in [1.54, 1.807) is 0 Å². The predicted octanol–water partition coefficient (Wildman–Crippen LogP) is 3.11. The maximum Gasteiger partial charge on any atom is 0.309 e. The predicted molar refractivity (Wildman–Crippen MR) is 67.2 cm³/mol. The van der Waals surface area contributed by atoms with E-state index in [-0.39, 0.29) is 5.97 Å². The largest absolute Gasteiger partial charge is 0.493 e. The summed E-state index contributed by atoms with van der Waals surface area (Å²) in [6.07, 6.45) is 2.26. The average molecular weight is 236 g/mol. The van der Waals surface area contributed by atoms with Crippen molar-refractivity contribution in [3.05, 3.63) is 29.8 Å². The highest BCUT2D eigenvalue weighted by Crippen LogP contribution is 2.11. The van der Waals surface area contributed by atoms with E-state index >= 15 is 0 Å². The fourth-order valence-electron chi connectivity index (χ4n) is 1.29. The minimum Gasteiger partial charge on any atom is -0.493 e. The van der Waals surface area contributed by atoms with Gasteiger partial charge >= 0.3 is 5.97 Å². The van der Waals surface area contributed by atoms with Crippen molar-refractivity contribution in [2.45, 2.75) is 33.1 Å². The van der Waals surface area contributed by atoms with Crippen molar-refractivity contribution in [2.75, 3.05) is 13.2 Å². The molecule has 0 bridgehead atoms. The van der Waals surface area contributed by atoms with Gasteiger partial charge in [-0.15, -0.1) is 0 Å². The molecule has 0 aliphatic rings. The number of hydrogen-bond donors (Lipinski definition) is 0. The van der Waals surface area contributed by atoms with Gasteiger partial charge in [-0.05, 0) is 25.5 Å². The zero-order chi connectivity index (χ0) is 12.5. The summed E-state index contributed by atoms with van der Waals surface area (Å²) in [5, 5.41) is 0. The Morgan fingerprint density at radius 3 is 2.53 bits per heavy atom. The smallest absolute Gasteiger partial charge is 0.309 e. The van der Waals surface area contributed by atoms with Crippen LogP contribution < -0.4 is 4.74 Å². The minimum atomic E-state index is -0.189. The normalized spacial score (nSPS) is 10.0. The number of aryl methyl sites for hydroxylation is 1. The molecule has 0 radical (unpaired) electrons. The molecule has 0 N–H and O–H groups in total. The quantitative estimate of drug-likeness (QED) is 0.539. The highest BCUT2D eigenvalue weighted by atomic mass is 16.5. The van der Waals surface area contributed by atoms with Gasteiger partial charge in [0.2, 0.25) is 0 Å². The molecule has 0 spiro atoms. The molecule has 1 aromatic carbocycles. The number of benzene rings is 1. The van der Waals surface area contributed by atoms with E-state index in [1.807, 2.05) is 31.2 Å². The van der Waals surface area contributed by atoms with E-state index < -0.39 is 0 Å². The summed E-state index contributed by atoms with van der Waals surface area (Å²) in [5.41, 5.74) is 1.19. The Balaban J connectivity index is 2.14. The van der Waals surface area contributed by atoms with Crippen LogP contribution in [0, 0.1) is 6.92 Å². The van der Waals surface area contributed by atoms with Gasteiger partial charge in [0.05, 0.1) is 19.6 Å². The fourth-order valence-corrected chi connectivity index (χ4v) is 1.29. The van der Waals surface area contributed by atoms with Crippen LogP contribution in [0.4, 0.5) is 0 Å². The van der Waals surface area contributed by atoms with Crippen molar-refractivity contribution in [1.82, 2.24) is 0 Å². The van der Waals surface area contributed by atoms with Crippen molar-refractivity contribution in [2.24, 2.45) is 0 Å². The highest BCUT2D eigenvalue weighted by molar-refractivity contribution is 5.69. The standard InChI is InChI=1S/C14H20O3/c1-3-4-10-17-14(15)9-11-16-13-7-5-12(2)6-8-13/h5-8H,3-4,9-11H2,1-2H3. The molecule has 0 saturated carbocycles. The fraction of sp³-hybridized carbons (Fsp3) is 0.500. The summed E-state index contributed by atoms with van der Waals surface area (Å²) < 4.78 is 10.5. The van der Waals surface area contributed by atoms with Gasteiger partial charge < -0.3 is 9.47 Å². The molecule has 0 saturated heterocycles. The van der Waals surface area contributed by atoms with Crippen LogP contribution in [0.1, 0.15) is 31.7 Å². The molecule has 3 heteroatoms. The van der Waals surface area contributed by atoms with Crippen LogP contribution in [-0.4, -0.2) is 19.2 Å². The molecule has 1 rings (SSSR count). The molecule has 3 nitrogen and oxygen atoms in total. The van der Waals surface area contributed by atoms with E-state index in [1.165, 1.54) is 5.56 Å². The first kappa shape index (κ1) is 13.6. The van der Waals surface area contributed by atoms with Gasteiger partial charge in [0, 0.05) is 0 Å². The van der Waals surface area contributed by atoms with Gasteiger partial charge in [-0.25, -0.2) is 0 Å². The van der Waals surface area contributed by atoms with E-state index in [0.29, 0.717) is 19.6 Å². The van der Waals surface area contributed by atoms with E-state index in [0.717, 1.165) is 18.6 Å². The molecule has 0 fully saturated rings. The Bertz CT molecular complexity index is 330. The zero-order valence-corrected chi connectivity index (χ0v) is 10.6. The van der Waals surface area contributed by atoms with Crippen LogP contribution in [0.5, 0.6) is 5.75 Å². The van der Waals surface area contributed by atoms with E-state index in [9.17, 15) is 4.79 Å². The first-order valence-corrected chi connectivity index (χ1v) is 6.07. The molecule has 17 heavy (non-hydrogen) atoms. The van der Waals surface area contributed by atoms with Crippen LogP contribution in [0.15, 0.2) is 24.3 Å². The lowest BCUT2D eigenvalue weighted by atomic mass is 10.2. The molecule has 0 heterocycles. The minimum absolute atomic E-state index is 0.189. The van der Waals surface area contributed by atoms with Crippen molar-refractivity contribution in [3.8, 4) is 5.75 Å². The van der Waals surface area contributed by atoms with Crippen molar-refractivity contribution >= 4 is 5.97 Å². The maximum absolute atomic E-state index is 11.3. The van der Waals surface area contributed by atoms with Gasteiger partial charge in [-0.1, -0.05) is 31.0 Å². The Hall–Kier alpha value is -1.51. The summed E-state index contributed by atoms with van der Waals surface area (Å²) in [4.78, 5) is 11.3. The zero-order valence-electron chi connectivity index (χ0n) is 10.6. The summed E-state index contributed by atoms with van der Waals surface area (Å²) in [5.74, 6) is 0.600. The number of rotatable bonds is 7. The van der Waals surface area contributed by atoms with Crippen LogP contribution >= 0.6 is 0 Å². The number of unbranched alkanes of at least 4 members (excludes halogenated alkanes) is 1. The van der Waals surface area contributed by atoms with Crippen molar-refractivity contribution in [3.63, 3.8) is 0 Å². The lowest BCUT2D eigenvalue weighted by Crippen LogP contribution is -2.10. The molecule has 0 aromatic heterocycles. The van der Waals surface area contributed by atoms with Gasteiger partial charge in [0.15, 0.2) is 0 Å². The van der Waals surface area contributed by atoms with Crippen molar-refractivity contribution < 1.29 is 14.3 Å². The Morgan fingerprint density at radius 1 is 1.18 bits per heavy atom.